The van der Waals surface area contributed by atoms with E-state index in [0.717, 1.165) is 38.8 Å². The number of aromatic nitrogens is 2. The molecule has 0 unspecified atom stereocenters. The van der Waals surface area contributed by atoms with Crippen molar-refractivity contribution in [2.75, 3.05) is 23.7 Å². The number of carbonyl (C=O) groups excluding carboxylic acids is 1. The van der Waals surface area contributed by atoms with Crippen molar-refractivity contribution in [3.63, 3.8) is 0 Å². The first-order valence-electron chi connectivity index (χ1n) is 10.2. The Balaban J connectivity index is 1.55. The lowest BCUT2D eigenvalue weighted by molar-refractivity contribution is 0.134. The van der Waals surface area contributed by atoms with Crippen LogP contribution in [0, 0.1) is 0 Å². The van der Waals surface area contributed by atoms with Gasteiger partial charge >= 0.3 is 6.03 Å². The van der Waals surface area contributed by atoms with Gasteiger partial charge in [-0.15, -0.1) is 6.58 Å². The number of carbonyl (C=O) groups is 1. The van der Waals surface area contributed by atoms with Crippen molar-refractivity contribution in [1.29, 1.82) is 0 Å². The molecule has 1 saturated heterocycles. The molecule has 0 bridgehead atoms. The van der Waals surface area contributed by atoms with Crippen LogP contribution in [0.15, 0.2) is 48.7 Å². The Bertz CT molecular complexity index is 841. The largest absolute Gasteiger partial charge is 0.324 e. The van der Waals surface area contributed by atoms with Crippen LogP contribution in [-0.4, -0.2) is 39.8 Å². The number of nitrogens with one attached hydrogen (secondary N) is 2. The number of allylic oxidation sites excluding steroid dienone is 1. The maximum Gasteiger partial charge on any atom is 0.324 e. The Hall–Kier alpha value is -2.31. The molecule has 1 atom stereocenters. The van der Waals surface area contributed by atoms with Crippen molar-refractivity contribution in [2.24, 2.45) is 0 Å². The minimum absolute atomic E-state index is 0.283. The first kappa shape index (κ1) is 21.4. The van der Waals surface area contributed by atoms with E-state index in [0.29, 0.717) is 22.6 Å². The van der Waals surface area contributed by atoms with Crippen molar-refractivity contribution in [1.82, 2.24) is 14.7 Å². The molecule has 1 aromatic carbocycles. The van der Waals surface area contributed by atoms with Crippen molar-refractivity contribution >= 4 is 29.1 Å². The topological polar surface area (TPSA) is 62.2 Å². The SMILES string of the molecule is C=C(C)CC[C@@H](C)N1CCC(n2nccc2NC(=O)Nc2ccccc2Cl)CC1. The zero-order valence-corrected chi connectivity index (χ0v) is 18.0. The number of rotatable bonds is 7. The van der Waals surface area contributed by atoms with E-state index in [9.17, 15) is 4.79 Å². The summed E-state index contributed by atoms with van der Waals surface area (Å²) in [6, 6.07) is 9.51. The highest BCUT2D eigenvalue weighted by atomic mass is 35.5. The Morgan fingerprint density at radius 1 is 1.28 bits per heavy atom. The maximum absolute atomic E-state index is 12.4. The molecule has 2 aromatic rings. The van der Waals surface area contributed by atoms with E-state index in [-0.39, 0.29) is 12.1 Å². The number of amides is 2. The second-order valence-corrected chi connectivity index (χ2v) is 8.24. The smallest absolute Gasteiger partial charge is 0.306 e. The highest BCUT2D eigenvalue weighted by Gasteiger charge is 2.25. The van der Waals surface area contributed by atoms with Crippen molar-refractivity contribution in [3.05, 3.63) is 53.7 Å². The number of hydrogen-bond acceptors (Lipinski definition) is 3. The first-order valence-corrected chi connectivity index (χ1v) is 10.6. The average molecular weight is 416 g/mol. The minimum atomic E-state index is -0.328. The molecule has 29 heavy (non-hydrogen) atoms. The van der Waals surface area contributed by atoms with Gasteiger partial charge in [-0.3, -0.25) is 5.32 Å². The van der Waals surface area contributed by atoms with Crippen molar-refractivity contribution < 1.29 is 4.79 Å². The first-order chi connectivity index (χ1) is 13.9. The monoisotopic (exact) mass is 415 g/mol. The standard InChI is InChI=1S/C22H30ClN5O/c1-16(2)8-9-17(3)27-14-11-18(12-15-27)28-21(10-13-24-28)26-22(29)25-20-7-5-4-6-19(20)23/h4-7,10,13,17-18H,1,8-9,11-12,14-15H2,2-3H3,(H2,25,26,29)/t17-/m1/s1. The van der Waals surface area contributed by atoms with Crippen LogP contribution < -0.4 is 10.6 Å². The summed E-state index contributed by atoms with van der Waals surface area (Å²) in [5, 5.41) is 10.7. The fraction of sp³-hybridized carbons (Fsp3) is 0.455. The van der Waals surface area contributed by atoms with Gasteiger partial charge in [-0.1, -0.05) is 29.3 Å². The zero-order chi connectivity index (χ0) is 20.8. The summed E-state index contributed by atoms with van der Waals surface area (Å²) < 4.78 is 1.93. The van der Waals surface area contributed by atoms with Gasteiger partial charge in [-0.05, 0) is 51.7 Å². The maximum atomic E-state index is 12.4. The van der Waals surface area contributed by atoms with Crippen LogP contribution >= 0.6 is 11.6 Å². The Morgan fingerprint density at radius 3 is 2.69 bits per heavy atom. The van der Waals surface area contributed by atoms with Crippen LogP contribution in [0.2, 0.25) is 5.02 Å². The summed E-state index contributed by atoms with van der Waals surface area (Å²) in [6.45, 7) is 10.5. The van der Waals surface area contributed by atoms with E-state index >= 15 is 0 Å². The van der Waals surface area contributed by atoms with Gasteiger partial charge in [-0.2, -0.15) is 5.10 Å². The number of benzene rings is 1. The predicted octanol–water partition coefficient (Wildman–Crippen LogP) is 5.56. The van der Waals surface area contributed by atoms with Gasteiger partial charge in [-0.25, -0.2) is 9.48 Å². The number of anilines is 2. The van der Waals surface area contributed by atoms with Crippen LogP contribution in [-0.2, 0) is 0 Å². The normalized spacial score (nSPS) is 16.4. The third-order valence-corrected chi connectivity index (χ3v) is 5.82. The van der Waals surface area contributed by atoms with Crippen LogP contribution in [0.3, 0.4) is 0 Å². The van der Waals surface area contributed by atoms with Gasteiger partial charge in [0, 0.05) is 25.2 Å². The molecular formula is C22H30ClN5O. The number of para-hydroxylation sites is 1. The van der Waals surface area contributed by atoms with Crippen molar-refractivity contribution in [3.8, 4) is 0 Å². The molecule has 1 aromatic heterocycles. The molecule has 7 heteroatoms. The van der Waals surface area contributed by atoms with Crippen LogP contribution in [0.4, 0.5) is 16.3 Å². The van der Waals surface area contributed by atoms with Crippen LogP contribution in [0.1, 0.15) is 45.6 Å². The summed E-state index contributed by atoms with van der Waals surface area (Å²) in [4.78, 5) is 14.9. The number of likely N-dealkylation sites (tertiary alicyclic amines) is 1. The molecule has 1 aliphatic rings. The molecule has 2 amide bonds. The Kier molecular flexibility index (Phi) is 7.34. The van der Waals surface area contributed by atoms with Crippen LogP contribution in [0.5, 0.6) is 0 Å². The summed E-state index contributed by atoms with van der Waals surface area (Å²) in [7, 11) is 0. The van der Waals surface area contributed by atoms with Gasteiger partial charge < -0.3 is 10.2 Å². The Morgan fingerprint density at radius 2 is 2.00 bits per heavy atom. The quantitative estimate of drug-likeness (QED) is 0.581. The van der Waals surface area contributed by atoms with Gasteiger partial charge in [0.05, 0.1) is 22.9 Å². The number of nitrogens with zero attached hydrogens (tertiary/aromatic N) is 3. The van der Waals surface area contributed by atoms with Gasteiger partial charge in [0.1, 0.15) is 5.82 Å². The van der Waals surface area contributed by atoms with E-state index in [1.165, 1.54) is 5.57 Å². The third kappa shape index (κ3) is 5.84. The van der Waals surface area contributed by atoms with E-state index in [1.54, 1.807) is 18.3 Å². The zero-order valence-electron chi connectivity index (χ0n) is 17.2. The molecule has 6 nitrogen and oxygen atoms in total. The van der Waals surface area contributed by atoms with Gasteiger partial charge in [0.15, 0.2) is 0 Å². The predicted molar refractivity (Wildman–Crippen MR) is 120 cm³/mol. The fourth-order valence-electron chi connectivity index (χ4n) is 3.75. The van der Waals surface area contributed by atoms with Crippen molar-refractivity contribution in [2.45, 2.75) is 51.6 Å². The summed E-state index contributed by atoms with van der Waals surface area (Å²) in [5.74, 6) is 0.698. The molecule has 0 saturated carbocycles. The molecular weight excluding hydrogens is 386 g/mol. The lowest BCUT2D eigenvalue weighted by atomic mass is 10.0. The van der Waals surface area contributed by atoms with Crippen LogP contribution in [0.25, 0.3) is 0 Å². The Labute approximate surface area is 177 Å². The fourth-order valence-corrected chi connectivity index (χ4v) is 3.93. The molecule has 3 rings (SSSR count). The highest BCUT2D eigenvalue weighted by Crippen LogP contribution is 2.27. The molecule has 1 aliphatic heterocycles. The average Bonchev–Trinajstić information content (AvgIpc) is 3.16. The highest BCUT2D eigenvalue weighted by molar-refractivity contribution is 6.33. The minimum Gasteiger partial charge on any atom is -0.306 e. The number of piperidine rings is 1. The molecule has 156 valence electrons. The lowest BCUT2D eigenvalue weighted by Gasteiger charge is -2.36. The number of halogens is 1. The second kappa shape index (κ2) is 9.94. The number of urea groups is 1. The molecule has 0 spiro atoms. The van der Waals surface area contributed by atoms with E-state index in [1.807, 2.05) is 22.9 Å². The summed E-state index contributed by atoms with van der Waals surface area (Å²) in [6.07, 6.45) is 5.98. The van der Waals surface area contributed by atoms with Gasteiger partial charge in [0.25, 0.3) is 0 Å². The molecule has 2 heterocycles. The summed E-state index contributed by atoms with van der Waals surface area (Å²) >= 11 is 6.11. The summed E-state index contributed by atoms with van der Waals surface area (Å²) in [5.41, 5.74) is 1.82. The molecule has 0 aliphatic carbocycles. The molecule has 0 radical (unpaired) electrons. The van der Waals surface area contributed by atoms with E-state index < -0.39 is 0 Å². The number of hydrogen-bond donors (Lipinski definition) is 2. The lowest BCUT2D eigenvalue weighted by Crippen LogP contribution is -2.40. The molecule has 2 N–H and O–H groups in total. The van der Waals surface area contributed by atoms with Gasteiger partial charge in [0.2, 0.25) is 0 Å². The second-order valence-electron chi connectivity index (χ2n) is 7.83. The van der Waals surface area contributed by atoms with E-state index in [4.69, 9.17) is 11.6 Å². The van der Waals surface area contributed by atoms with E-state index in [2.05, 4.69) is 41.1 Å². The molecule has 1 fully saturated rings. The third-order valence-electron chi connectivity index (χ3n) is 5.49.